The number of cyclic esters (lactones) is 1. The second kappa shape index (κ2) is 14.9. The van der Waals surface area contributed by atoms with Crippen LogP contribution in [0.1, 0.15) is 113 Å². The van der Waals surface area contributed by atoms with Crippen LogP contribution in [0, 0.1) is 39.4 Å². The van der Waals surface area contributed by atoms with Crippen LogP contribution in [0.5, 0.6) is 0 Å². The Morgan fingerprint density at radius 2 is 1.59 bits per heavy atom. The molecule has 4 aliphatic carbocycles. The van der Waals surface area contributed by atoms with E-state index in [1.807, 2.05) is 13.0 Å². The van der Waals surface area contributed by atoms with E-state index in [0.29, 0.717) is 44.4 Å². The third kappa shape index (κ3) is 6.50. The quantitative estimate of drug-likeness (QED) is 0.0722. The van der Waals surface area contributed by atoms with Crippen LogP contribution in [0.25, 0.3) is 0 Å². The highest BCUT2D eigenvalue weighted by Crippen LogP contribution is 2.77. The maximum atomic E-state index is 14.3. The Bertz CT molecular complexity index is 1720. The van der Waals surface area contributed by atoms with Crippen LogP contribution < -0.4 is 0 Å². The molecule has 1 spiro atoms. The van der Waals surface area contributed by atoms with Gasteiger partial charge in [-0.1, -0.05) is 59.6 Å². The third-order valence-corrected chi connectivity index (χ3v) is 16.8. The first-order chi connectivity index (χ1) is 26.8. The summed E-state index contributed by atoms with van der Waals surface area (Å²) in [6, 6.07) is 0. The van der Waals surface area contributed by atoms with Gasteiger partial charge in [0.1, 0.15) is 53.2 Å². The largest absolute Gasteiger partial charge is 0.456 e. The zero-order chi connectivity index (χ0) is 42.8. The molecule has 7 N–H and O–H groups in total. The maximum Gasteiger partial charge on any atom is 0.397 e. The summed E-state index contributed by atoms with van der Waals surface area (Å²) in [6.07, 6.45) is -8.00. The predicted molar refractivity (Wildman–Crippen MR) is 204 cm³/mol. The highest BCUT2D eigenvalue weighted by atomic mass is 32.3. The molecule has 3 saturated carbocycles. The van der Waals surface area contributed by atoms with E-state index in [0.717, 1.165) is 24.8 Å². The number of aliphatic hydroxyl groups is 6. The lowest BCUT2D eigenvalue weighted by Crippen LogP contribution is -2.68. The van der Waals surface area contributed by atoms with Crippen LogP contribution in [0.3, 0.4) is 0 Å². The molecule has 3 aliphatic heterocycles. The SMILES string of the molecule is CC(C)CCC[C@]1(C)OC(=O)C23C(O)C=C4[C@@H](CC[C@H]5C(C)(C)[C@@H](O[C@@H]6OC[C@@H](OS(=O)(=O)O)C(O)C6O[C@@H]6OC(C)[C@@H](O)C(O)C6O)CC[C@]45C)[C@]2(C)CC[C@@]31O. The van der Waals surface area contributed by atoms with Crippen molar-refractivity contribution in [3.05, 3.63) is 11.6 Å². The highest BCUT2D eigenvalue weighted by Gasteiger charge is 2.85. The number of hydrogen-bond acceptors (Lipinski definition) is 15. The minimum Gasteiger partial charge on any atom is -0.456 e. The smallest absolute Gasteiger partial charge is 0.397 e. The Morgan fingerprint density at radius 1 is 0.897 bits per heavy atom. The molecule has 0 aromatic rings. The zero-order valence-electron chi connectivity index (χ0n) is 34.9. The summed E-state index contributed by atoms with van der Waals surface area (Å²) in [4.78, 5) is 14.3. The second-order valence-corrected chi connectivity index (χ2v) is 21.2. The Hall–Kier alpha value is -1.32. The average molecular weight is 847 g/mol. The number of allylic oxidation sites excluding steroid dienone is 1. The van der Waals surface area contributed by atoms with Gasteiger partial charge in [0.25, 0.3) is 0 Å². The normalized spacial score (nSPS) is 51.3. The first-order valence-electron chi connectivity index (χ1n) is 21.1. The standard InChI is InChI=1S/C41H66O16S/c1-20(2)10-9-14-39(8)40(48)17-16-38(7)22-11-12-25-36(4,5)27(13-15-37(25,6)23(22)18-26(42)41(38,40)35(47)56-39)54-34-32(29(44)24(19-52-34)57-58(49,50)51)55-33-31(46)30(45)28(43)21(3)53-33/h18,20-22,24-34,42-46,48H,9-17,19H2,1-8H3,(H,49,50,51)/t21?,22-,24-,25+,26?,27+,28-,29?,30?,31?,32?,33+,34+,37-,38+,39+,40+,41?/m1/s1. The van der Waals surface area contributed by atoms with Crippen molar-refractivity contribution in [2.24, 2.45) is 39.4 Å². The third-order valence-electron chi connectivity index (χ3n) is 16.3. The lowest BCUT2D eigenvalue weighted by molar-refractivity contribution is -0.362. The molecule has 7 unspecified atom stereocenters. The molecule has 6 fully saturated rings. The minimum absolute atomic E-state index is 0.00676. The van der Waals surface area contributed by atoms with Crippen LogP contribution in [-0.2, 0) is 43.1 Å². The minimum atomic E-state index is -5.03. The molecular weight excluding hydrogens is 781 g/mol. The van der Waals surface area contributed by atoms with Crippen LogP contribution in [0.2, 0.25) is 0 Å². The lowest BCUT2D eigenvalue weighted by Gasteiger charge is -2.64. The molecule has 0 aromatic carbocycles. The fourth-order valence-electron chi connectivity index (χ4n) is 13.2. The summed E-state index contributed by atoms with van der Waals surface area (Å²) in [5.41, 5.74) is -4.89. The molecule has 7 rings (SSSR count). The van der Waals surface area contributed by atoms with Gasteiger partial charge < -0.3 is 54.3 Å². The molecule has 0 amide bonds. The Kier molecular flexibility index (Phi) is 11.5. The van der Waals surface area contributed by atoms with Gasteiger partial charge in [0.05, 0.1) is 24.9 Å². The second-order valence-electron chi connectivity index (χ2n) is 20.2. The number of carbonyl (C=O) groups excluding carboxylic acids is 1. The van der Waals surface area contributed by atoms with Gasteiger partial charge in [-0.05, 0) is 99.2 Å². The maximum absolute atomic E-state index is 14.3. The topological polar surface area (TPSA) is 248 Å². The number of rotatable bonds is 10. The number of hydrogen-bond donors (Lipinski definition) is 7. The van der Waals surface area contributed by atoms with Crippen molar-refractivity contribution >= 4 is 16.4 Å². The summed E-state index contributed by atoms with van der Waals surface area (Å²) in [5, 5.41) is 67.9. The van der Waals surface area contributed by atoms with Crippen molar-refractivity contribution in [1.29, 1.82) is 0 Å². The summed E-state index contributed by atoms with van der Waals surface area (Å²) < 4.78 is 67.8. The van der Waals surface area contributed by atoms with Crippen molar-refractivity contribution < 1.29 is 76.3 Å². The van der Waals surface area contributed by atoms with Crippen LogP contribution >= 0.6 is 0 Å². The monoisotopic (exact) mass is 846 g/mol. The Morgan fingerprint density at radius 3 is 2.24 bits per heavy atom. The summed E-state index contributed by atoms with van der Waals surface area (Å²) in [5.74, 6) is -0.164. The predicted octanol–water partition coefficient (Wildman–Crippen LogP) is 2.30. The number of fused-ring (bicyclic) bond motifs is 4. The molecule has 7 aliphatic rings. The van der Waals surface area contributed by atoms with E-state index in [-0.39, 0.29) is 11.8 Å². The summed E-state index contributed by atoms with van der Waals surface area (Å²) in [6.45, 7) is 15.5. The van der Waals surface area contributed by atoms with E-state index < -0.39 is 123 Å². The van der Waals surface area contributed by atoms with E-state index >= 15 is 0 Å². The molecule has 0 radical (unpaired) electrons. The molecule has 0 aromatic heterocycles. The molecule has 58 heavy (non-hydrogen) atoms. The van der Waals surface area contributed by atoms with Gasteiger partial charge in [-0.3, -0.25) is 9.35 Å². The van der Waals surface area contributed by atoms with E-state index in [4.69, 9.17) is 23.7 Å². The molecule has 18 atom stereocenters. The van der Waals surface area contributed by atoms with Gasteiger partial charge in [0.15, 0.2) is 12.6 Å². The van der Waals surface area contributed by atoms with Gasteiger partial charge >= 0.3 is 16.4 Å². The van der Waals surface area contributed by atoms with Crippen molar-refractivity contribution in [1.82, 2.24) is 0 Å². The number of ether oxygens (including phenoxy) is 5. The molecular formula is C41H66O16S. The first kappa shape index (κ1) is 44.7. The molecule has 16 nitrogen and oxygen atoms in total. The zero-order valence-corrected chi connectivity index (χ0v) is 35.8. The van der Waals surface area contributed by atoms with Gasteiger partial charge in [0.2, 0.25) is 0 Å². The van der Waals surface area contributed by atoms with Crippen molar-refractivity contribution in [3.63, 3.8) is 0 Å². The van der Waals surface area contributed by atoms with Crippen molar-refractivity contribution in [3.8, 4) is 0 Å². The first-order valence-corrected chi connectivity index (χ1v) is 22.5. The van der Waals surface area contributed by atoms with Gasteiger partial charge in [-0.25, -0.2) is 4.18 Å². The van der Waals surface area contributed by atoms with Gasteiger partial charge in [-0.2, -0.15) is 8.42 Å². The molecule has 3 saturated heterocycles. The number of aliphatic hydroxyl groups excluding tert-OH is 5. The molecule has 332 valence electrons. The number of esters is 1. The fourth-order valence-corrected chi connectivity index (χ4v) is 13.7. The Balaban J connectivity index is 1.15. The lowest BCUT2D eigenvalue weighted by atomic mass is 9.40. The van der Waals surface area contributed by atoms with Crippen LogP contribution in [0.4, 0.5) is 0 Å². The van der Waals surface area contributed by atoms with E-state index in [2.05, 4.69) is 45.7 Å². The summed E-state index contributed by atoms with van der Waals surface area (Å²) in [7, 11) is -5.03. The molecule has 3 heterocycles. The van der Waals surface area contributed by atoms with Crippen LogP contribution in [0.15, 0.2) is 11.6 Å². The Labute approximate surface area is 341 Å². The van der Waals surface area contributed by atoms with E-state index in [1.165, 1.54) is 6.92 Å². The fraction of sp³-hybridized carbons (Fsp3) is 0.927. The van der Waals surface area contributed by atoms with Gasteiger partial charge in [-0.15, -0.1) is 0 Å². The number of carbonyl (C=O) groups is 1. The van der Waals surface area contributed by atoms with E-state index in [9.17, 15) is 48.4 Å². The van der Waals surface area contributed by atoms with Crippen LogP contribution in [-0.4, -0.2) is 135 Å². The van der Waals surface area contributed by atoms with Gasteiger partial charge in [0, 0.05) is 0 Å². The van der Waals surface area contributed by atoms with Crippen molar-refractivity contribution in [2.75, 3.05) is 6.61 Å². The molecule has 0 bridgehead atoms. The average Bonchev–Trinajstić information content (AvgIpc) is 3.48. The van der Waals surface area contributed by atoms with E-state index in [1.54, 1.807) is 0 Å². The molecule has 17 heteroatoms. The summed E-state index contributed by atoms with van der Waals surface area (Å²) >= 11 is 0. The highest BCUT2D eigenvalue weighted by molar-refractivity contribution is 7.80. The van der Waals surface area contributed by atoms with Crippen molar-refractivity contribution in [2.45, 2.75) is 192 Å².